The smallest absolute Gasteiger partial charge is 0.253 e. The molecule has 1 aromatic heterocycles. The van der Waals surface area contributed by atoms with Crippen LogP contribution in [0.25, 0.3) is 10.8 Å². The summed E-state index contributed by atoms with van der Waals surface area (Å²) in [5.41, 5.74) is 8.85. The van der Waals surface area contributed by atoms with Crippen molar-refractivity contribution in [3.05, 3.63) is 72.1 Å². The van der Waals surface area contributed by atoms with Crippen LogP contribution in [0.15, 0.2) is 60.9 Å². The maximum Gasteiger partial charge on any atom is 0.253 e. The number of aromatic nitrogens is 1. The van der Waals surface area contributed by atoms with Crippen LogP contribution < -0.4 is 16.4 Å². The molecule has 43 heavy (non-hydrogen) atoms. The van der Waals surface area contributed by atoms with Gasteiger partial charge in [-0.25, -0.2) is 0 Å². The molecule has 2 aliphatic rings. The van der Waals surface area contributed by atoms with E-state index in [0.29, 0.717) is 25.2 Å². The molecular formula is C32H41N7O3S. The van der Waals surface area contributed by atoms with Crippen LogP contribution in [0.3, 0.4) is 0 Å². The SMILES string of the molecule is CCN1C(=O)[C@@H](CNc2ccc3cc(C(=O)N(C)CCN4CCCC4)ccc3c2)SC1[C@H](N)C(=O)NCc1ccncc1. The molecule has 0 bridgehead atoms. The lowest BCUT2D eigenvalue weighted by Gasteiger charge is -2.26. The first kappa shape index (κ1) is 30.8. The van der Waals surface area contributed by atoms with Gasteiger partial charge in [0.05, 0.1) is 0 Å². The third-order valence-corrected chi connectivity index (χ3v) is 9.74. The van der Waals surface area contributed by atoms with Gasteiger partial charge in [-0.1, -0.05) is 12.1 Å². The Morgan fingerprint density at radius 2 is 1.81 bits per heavy atom. The van der Waals surface area contributed by atoms with Gasteiger partial charge < -0.3 is 31.1 Å². The monoisotopic (exact) mass is 603 g/mol. The second-order valence-corrected chi connectivity index (χ2v) is 12.5. The van der Waals surface area contributed by atoms with E-state index in [2.05, 4.69) is 20.5 Å². The minimum absolute atomic E-state index is 0.0272. The molecule has 228 valence electrons. The first-order valence-electron chi connectivity index (χ1n) is 15.0. The second-order valence-electron chi connectivity index (χ2n) is 11.2. The molecule has 0 spiro atoms. The van der Waals surface area contributed by atoms with E-state index in [1.165, 1.54) is 24.6 Å². The summed E-state index contributed by atoms with van der Waals surface area (Å²) in [5.74, 6) is -0.293. The summed E-state index contributed by atoms with van der Waals surface area (Å²) in [6.45, 7) is 7.01. The first-order chi connectivity index (χ1) is 20.8. The van der Waals surface area contributed by atoms with E-state index in [-0.39, 0.29) is 23.0 Å². The predicted octanol–water partition coefficient (Wildman–Crippen LogP) is 2.75. The average Bonchev–Trinajstić information content (AvgIpc) is 3.68. The third kappa shape index (κ3) is 7.46. The van der Waals surface area contributed by atoms with Crippen molar-refractivity contribution >= 4 is 45.9 Å². The quantitative estimate of drug-likeness (QED) is 0.289. The van der Waals surface area contributed by atoms with Crippen molar-refractivity contribution in [1.82, 2.24) is 25.0 Å². The minimum atomic E-state index is -0.849. The van der Waals surface area contributed by atoms with Crippen molar-refractivity contribution in [1.29, 1.82) is 0 Å². The molecule has 2 aromatic carbocycles. The highest BCUT2D eigenvalue weighted by molar-refractivity contribution is 8.01. The Bertz CT molecular complexity index is 1430. The Morgan fingerprint density at radius 3 is 2.56 bits per heavy atom. The number of fused-ring (bicyclic) bond motifs is 1. The van der Waals surface area contributed by atoms with E-state index in [1.807, 2.05) is 62.5 Å². The van der Waals surface area contributed by atoms with Gasteiger partial charge >= 0.3 is 0 Å². The second kappa shape index (κ2) is 14.2. The van der Waals surface area contributed by atoms with Gasteiger partial charge in [0, 0.05) is 63.4 Å². The molecule has 0 radical (unpaired) electrons. The van der Waals surface area contributed by atoms with Crippen LogP contribution in [-0.4, -0.2) is 100 Å². The number of hydrogen-bond acceptors (Lipinski definition) is 8. The fourth-order valence-electron chi connectivity index (χ4n) is 5.62. The fraction of sp³-hybridized carbons (Fsp3) is 0.438. The molecule has 3 atom stereocenters. The van der Waals surface area contributed by atoms with Crippen molar-refractivity contribution in [2.24, 2.45) is 5.73 Å². The number of nitrogens with zero attached hydrogens (tertiary/aromatic N) is 4. The van der Waals surface area contributed by atoms with E-state index < -0.39 is 11.4 Å². The number of pyridine rings is 1. The number of anilines is 1. The van der Waals surface area contributed by atoms with Gasteiger partial charge in [-0.15, -0.1) is 11.8 Å². The maximum absolute atomic E-state index is 13.2. The molecule has 10 nitrogen and oxygen atoms in total. The molecule has 3 amide bonds. The Kier molecular flexibility index (Phi) is 10.2. The first-order valence-corrected chi connectivity index (χ1v) is 15.9. The van der Waals surface area contributed by atoms with Gasteiger partial charge in [-0.05, 0) is 85.6 Å². The zero-order valence-corrected chi connectivity index (χ0v) is 25.7. The topological polar surface area (TPSA) is 124 Å². The number of benzene rings is 2. The van der Waals surface area contributed by atoms with E-state index in [0.717, 1.165) is 48.2 Å². The Balaban J connectivity index is 1.16. The highest BCUT2D eigenvalue weighted by atomic mass is 32.2. The number of carbonyl (C=O) groups is 3. The molecule has 3 heterocycles. The van der Waals surface area contributed by atoms with Crippen LogP contribution >= 0.6 is 11.8 Å². The maximum atomic E-state index is 13.2. The largest absolute Gasteiger partial charge is 0.383 e. The molecule has 0 aliphatic carbocycles. The number of likely N-dealkylation sites (tertiary alicyclic amines) is 1. The zero-order valence-electron chi connectivity index (χ0n) is 24.9. The predicted molar refractivity (Wildman–Crippen MR) is 172 cm³/mol. The van der Waals surface area contributed by atoms with Crippen molar-refractivity contribution < 1.29 is 14.4 Å². The highest BCUT2D eigenvalue weighted by Gasteiger charge is 2.44. The molecule has 4 N–H and O–H groups in total. The van der Waals surface area contributed by atoms with Crippen LogP contribution in [0.5, 0.6) is 0 Å². The molecule has 11 heteroatoms. The Morgan fingerprint density at radius 1 is 1.09 bits per heavy atom. The van der Waals surface area contributed by atoms with Crippen LogP contribution in [0.2, 0.25) is 0 Å². The molecule has 2 fully saturated rings. The standard InChI is InChI=1S/C32H41N7O3S/c1-3-39-31(42)27(43-32(39)28(33)29(40)36-20-22-10-12-34-13-11-22)21-35-26-9-8-23-18-25(7-6-24(23)19-26)30(41)37(2)16-17-38-14-4-5-15-38/h6-13,18-19,27-28,32,35H,3-5,14-17,20-21,33H2,1-2H3,(H,36,40)/t27-,28-,32?/m1/s1. The van der Waals surface area contributed by atoms with E-state index in [1.54, 1.807) is 22.2 Å². The van der Waals surface area contributed by atoms with Gasteiger partial charge in [0.2, 0.25) is 11.8 Å². The van der Waals surface area contributed by atoms with Crippen LogP contribution in [0.1, 0.15) is 35.7 Å². The third-order valence-electron chi connectivity index (χ3n) is 8.21. The van der Waals surface area contributed by atoms with E-state index in [9.17, 15) is 14.4 Å². The number of hydrogen-bond donors (Lipinski definition) is 3. The van der Waals surface area contributed by atoms with Gasteiger partial charge in [0.15, 0.2) is 0 Å². The van der Waals surface area contributed by atoms with Crippen LogP contribution in [0, 0.1) is 0 Å². The molecule has 5 rings (SSSR count). The average molecular weight is 604 g/mol. The number of amides is 3. The van der Waals surface area contributed by atoms with Gasteiger partial charge in [-0.3, -0.25) is 19.4 Å². The molecule has 2 aliphatic heterocycles. The lowest BCUT2D eigenvalue weighted by Crippen LogP contribution is -2.52. The van der Waals surface area contributed by atoms with Crippen molar-refractivity contribution in [3.8, 4) is 0 Å². The lowest BCUT2D eigenvalue weighted by molar-refractivity contribution is -0.131. The zero-order chi connectivity index (χ0) is 30.3. The molecular weight excluding hydrogens is 562 g/mol. The van der Waals surface area contributed by atoms with Crippen molar-refractivity contribution in [2.75, 3.05) is 51.6 Å². The molecule has 2 saturated heterocycles. The summed E-state index contributed by atoms with van der Waals surface area (Å²) in [6.07, 6.45) is 5.84. The highest BCUT2D eigenvalue weighted by Crippen LogP contribution is 2.33. The fourth-order valence-corrected chi connectivity index (χ4v) is 7.08. The minimum Gasteiger partial charge on any atom is -0.383 e. The number of nitrogens with one attached hydrogen (secondary N) is 2. The summed E-state index contributed by atoms with van der Waals surface area (Å²) in [6, 6.07) is 14.6. The summed E-state index contributed by atoms with van der Waals surface area (Å²) in [5, 5.41) is 7.45. The number of thioether (sulfide) groups is 1. The number of rotatable bonds is 12. The summed E-state index contributed by atoms with van der Waals surface area (Å²) in [7, 11) is 1.87. The summed E-state index contributed by atoms with van der Waals surface area (Å²) >= 11 is 1.43. The Hall–Kier alpha value is -3.67. The molecule has 3 aromatic rings. The van der Waals surface area contributed by atoms with Gasteiger partial charge in [0.25, 0.3) is 5.91 Å². The van der Waals surface area contributed by atoms with E-state index in [4.69, 9.17) is 5.73 Å². The number of carbonyl (C=O) groups excluding carboxylic acids is 3. The summed E-state index contributed by atoms with van der Waals surface area (Å²) < 4.78 is 0. The van der Waals surface area contributed by atoms with Crippen LogP contribution in [0.4, 0.5) is 5.69 Å². The van der Waals surface area contributed by atoms with Crippen LogP contribution in [-0.2, 0) is 16.1 Å². The number of likely N-dealkylation sites (N-methyl/N-ethyl adjacent to an activating group) is 2. The lowest BCUT2D eigenvalue weighted by atomic mass is 10.1. The normalized spacial score (nSPS) is 19.5. The van der Waals surface area contributed by atoms with Gasteiger partial charge in [0.1, 0.15) is 16.7 Å². The van der Waals surface area contributed by atoms with Gasteiger partial charge in [-0.2, -0.15) is 0 Å². The van der Waals surface area contributed by atoms with Crippen molar-refractivity contribution in [2.45, 2.75) is 43.0 Å². The number of nitrogens with two attached hydrogens (primary N) is 1. The van der Waals surface area contributed by atoms with E-state index >= 15 is 0 Å². The van der Waals surface area contributed by atoms with Crippen molar-refractivity contribution in [3.63, 3.8) is 0 Å². The molecule has 1 unspecified atom stereocenters. The summed E-state index contributed by atoms with van der Waals surface area (Å²) in [4.78, 5) is 48.9. The molecule has 0 saturated carbocycles. The Labute approximate surface area is 257 Å².